The van der Waals surface area contributed by atoms with E-state index in [1.165, 1.54) is 34.9 Å². The summed E-state index contributed by atoms with van der Waals surface area (Å²) in [6, 6.07) is 7.28. The number of benzene rings is 1. The average Bonchev–Trinajstić information content (AvgIpc) is 3.38. The zero-order chi connectivity index (χ0) is 20.3. The first-order chi connectivity index (χ1) is 13.8. The molecule has 0 atom stereocenters. The number of anilines is 1. The van der Waals surface area contributed by atoms with Gasteiger partial charge in [0, 0.05) is 11.4 Å². The molecule has 0 amide bonds. The van der Waals surface area contributed by atoms with Crippen LogP contribution in [0.25, 0.3) is 22.5 Å². The van der Waals surface area contributed by atoms with Crippen LogP contribution in [0.4, 0.5) is 6.01 Å². The number of nitrogens with zero attached hydrogens (tertiary/aromatic N) is 3. The maximum Gasteiger partial charge on any atom is 0.316 e. The summed E-state index contributed by atoms with van der Waals surface area (Å²) in [6.45, 7) is 8.85. The van der Waals surface area contributed by atoms with E-state index in [-0.39, 0.29) is 17.6 Å². The number of aromatic nitrogens is 3. The molecular weight excluding hydrogens is 364 g/mol. The largest absolute Gasteiger partial charge is 0.402 e. The molecule has 3 aromatic rings. The Balaban J connectivity index is 1.55. The van der Waals surface area contributed by atoms with Crippen LogP contribution < -0.4 is 5.32 Å². The van der Waals surface area contributed by atoms with Gasteiger partial charge in [-0.05, 0) is 72.8 Å². The van der Waals surface area contributed by atoms with Crippen LogP contribution in [0.2, 0.25) is 0 Å². The van der Waals surface area contributed by atoms with Crippen molar-refractivity contribution in [2.24, 2.45) is 0 Å². The zero-order valence-electron chi connectivity index (χ0n) is 17.5. The fourth-order valence-electron chi connectivity index (χ4n) is 4.11. The van der Waals surface area contributed by atoms with Crippen LogP contribution in [0.5, 0.6) is 0 Å². The van der Waals surface area contributed by atoms with Gasteiger partial charge in [-0.25, -0.2) is 4.98 Å². The Kier molecular flexibility index (Phi) is 4.17. The Morgan fingerprint density at radius 1 is 1.10 bits per heavy atom. The fraction of sp³-hybridized carbons (Fsp3) is 0.522. The lowest BCUT2D eigenvalue weighted by molar-refractivity contribution is 0.0828. The Bertz CT molecular complexity index is 1070. The summed E-state index contributed by atoms with van der Waals surface area (Å²) in [4.78, 5) is 4.97. The number of rotatable bonds is 4. The molecular formula is C23H28N4O2. The fourth-order valence-corrected chi connectivity index (χ4v) is 4.11. The van der Waals surface area contributed by atoms with Crippen LogP contribution in [0, 0.1) is 6.92 Å². The third-order valence-corrected chi connectivity index (χ3v) is 6.08. The third kappa shape index (κ3) is 3.50. The van der Waals surface area contributed by atoms with Crippen molar-refractivity contribution in [3.05, 3.63) is 34.9 Å². The summed E-state index contributed by atoms with van der Waals surface area (Å²) in [7, 11) is 0. The van der Waals surface area contributed by atoms with Crippen LogP contribution >= 0.6 is 0 Å². The minimum absolute atomic E-state index is 0.00612. The van der Waals surface area contributed by atoms with Crippen LogP contribution in [0.1, 0.15) is 69.1 Å². The molecule has 0 unspecified atom stereocenters. The van der Waals surface area contributed by atoms with E-state index in [4.69, 9.17) is 9.40 Å². The highest BCUT2D eigenvalue weighted by molar-refractivity contribution is 5.88. The minimum Gasteiger partial charge on any atom is -0.402 e. The lowest BCUT2D eigenvalue weighted by atomic mass is 9.83. The van der Waals surface area contributed by atoms with Gasteiger partial charge in [-0.1, -0.05) is 31.9 Å². The first-order valence-corrected chi connectivity index (χ1v) is 10.5. The number of fused-ring (bicyclic) bond motifs is 1. The Hall–Kier alpha value is -2.47. The molecule has 29 heavy (non-hydrogen) atoms. The van der Waals surface area contributed by atoms with E-state index in [2.05, 4.69) is 55.3 Å². The highest BCUT2D eigenvalue weighted by Gasteiger charge is 2.29. The van der Waals surface area contributed by atoms with Gasteiger partial charge in [-0.15, -0.1) is 5.10 Å². The summed E-state index contributed by atoms with van der Waals surface area (Å²) < 4.78 is 5.84. The number of hydrogen-bond donors (Lipinski definition) is 2. The molecule has 2 aliphatic carbocycles. The normalized spacial score (nSPS) is 22.0. The third-order valence-electron chi connectivity index (χ3n) is 6.08. The van der Waals surface area contributed by atoms with Crippen LogP contribution in [0.3, 0.4) is 0 Å². The highest BCUT2D eigenvalue weighted by Crippen LogP contribution is 2.44. The second kappa shape index (κ2) is 6.52. The zero-order valence-corrected chi connectivity index (χ0v) is 17.5. The van der Waals surface area contributed by atoms with Crippen molar-refractivity contribution >= 4 is 16.9 Å². The SMILES string of the molecule is Cc1cc(-c2nnc(N[C@H]3C[C@H](O)C3)o2)nc2c(C(C)(C)C)cc(C3CC3)cc12. The van der Waals surface area contributed by atoms with Crippen molar-refractivity contribution in [2.45, 2.75) is 76.9 Å². The van der Waals surface area contributed by atoms with Crippen molar-refractivity contribution in [1.82, 2.24) is 15.2 Å². The number of hydrogen-bond acceptors (Lipinski definition) is 6. The lowest BCUT2D eigenvalue weighted by Gasteiger charge is -2.30. The lowest BCUT2D eigenvalue weighted by Crippen LogP contribution is -2.39. The Morgan fingerprint density at radius 2 is 1.86 bits per heavy atom. The van der Waals surface area contributed by atoms with Gasteiger partial charge in [0.25, 0.3) is 5.89 Å². The molecule has 0 aliphatic heterocycles. The van der Waals surface area contributed by atoms with Gasteiger partial charge >= 0.3 is 6.01 Å². The Morgan fingerprint density at radius 3 is 2.52 bits per heavy atom. The molecule has 6 heteroatoms. The first kappa shape index (κ1) is 18.6. The summed E-state index contributed by atoms with van der Waals surface area (Å²) in [5.74, 6) is 1.12. The summed E-state index contributed by atoms with van der Waals surface area (Å²) in [5.41, 5.74) is 5.59. The van der Waals surface area contributed by atoms with Crippen molar-refractivity contribution in [3.8, 4) is 11.6 Å². The molecule has 2 fully saturated rings. The molecule has 2 heterocycles. The predicted octanol–water partition coefficient (Wildman–Crippen LogP) is 4.70. The van der Waals surface area contributed by atoms with Crippen LogP contribution in [0.15, 0.2) is 22.6 Å². The smallest absolute Gasteiger partial charge is 0.316 e. The molecule has 0 spiro atoms. The number of pyridine rings is 1. The predicted molar refractivity (Wildman–Crippen MR) is 113 cm³/mol. The molecule has 2 saturated carbocycles. The number of aliphatic hydroxyl groups excluding tert-OH is 1. The summed E-state index contributed by atoms with van der Waals surface area (Å²) in [6.07, 6.45) is 3.77. The molecule has 2 N–H and O–H groups in total. The average molecular weight is 393 g/mol. The van der Waals surface area contributed by atoms with E-state index in [1.807, 2.05) is 6.07 Å². The quantitative estimate of drug-likeness (QED) is 0.669. The topological polar surface area (TPSA) is 84.1 Å². The van der Waals surface area contributed by atoms with E-state index in [0.29, 0.717) is 36.4 Å². The second-order valence-corrected chi connectivity index (χ2v) is 9.69. The number of aliphatic hydroxyl groups is 1. The minimum atomic E-state index is -0.226. The maximum absolute atomic E-state index is 9.44. The molecule has 0 bridgehead atoms. The van der Waals surface area contributed by atoms with Gasteiger partial charge in [0.2, 0.25) is 0 Å². The van der Waals surface area contributed by atoms with E-state index < -0.39 is 0 Å². The molecule has 0 saturated heterocycles. The van der Waals surface area contributed by atoms with Crippen LogP contribution in [-0.4, -0.2) is 32.4 Å². The highest BCUT2D eigenvalue weighted by atomic mass is 16.4. The van der Waals surface area contributed by atoms with E-state index >= 15 is 0 Å². The van der Waals surface area contributed by atoms with Gasteiger partial charge in [0.05, 0.1) is 11.6 Å². The molecule has 2 aliphatic rings. The van der Waals surface area contributed by atoms with Gasteiger partial charge in [-0.3, -0.25) is 0 Å². The summed E-state index contributed by atoms with van der Waals surface area (Å²) in [5, 5.41) is 22.2. The molecule has 0 radical (unpaired) electrons. The van der Waals surface area contributed by atoms with Gasteiger partial charge < -0.3 is 14.8 Å². The van der Waals surface area contributed by atoms with E-state index in [9.17, 15) is 5.11 Å². The van der Waals surface area contributed by atoms with Crippen molar-refractivity contribution in [3.63, 3.8) is 0 Å². The van der Waals surface area contributed by atoms with Crippen molar-refractivity contribution in [1.29, 1.82) is 0 Å². The van der Waals surface area contributed by atoms with Gasteiger partial charge in [0.1, 0.15) is 5.69 Å². The first-order valence-electron chi connectivity index (χ1n) is 10.5. The molecule has 2 aromatic heterocycles. The van der Waals surface area contributed by atoms with Crippen molar-refractivity contribution < 1.29 is 9.52 Å². The number of nitrogens with one attached hydrogen (secondary N) is 1. The van der Waals surface area contributed by atoms with Crippen molar-refractivity contribution in [2.75, 3.05) is 5.32 Å². The van der Waals surface area contributed by atoms with Crippen LogP contribution in [-0.2, 0) is 5.41 Å². The molecule has 152 valence electrons. The molecule has 6 nitrogen and oxygen atoms in total. The van der Waals surface area contributed by atoms with Gasteiger partial charge in [0.15, 0.2) is 0 Å². The van der Waals surface area contributed by atoms with E-state index in [1.54, 1.807) is 0 Å². The molecule has 1 aromatic carbocycles. The monoisotopic (exact) mass is 392 g/mol. The summed E-state index contributed by atoms with van der Waals surface area (Å²) >= 11 is 0. The van der Waals surface area contributed by atoms with E-state index in [0.717, 1.165) is 5.52 Å². The number of aryl methyl sites for hydroxylation is 1. The standard InChI is InChI=1S/C23H28N4O2/c1-12-7-19(21-26-27-22(29-21)24-15-10-16(28)11-15)25-20-17(12)8-14(13-5-6-13)9-18(20)23(2,3)4/h7-9,13,15-16,28H,5-6,10-11H2,1-4H3,(H,24,27)/t15-,16-. The second-order valence-electron chi connectivity index (χ2n) is 9.69. The maximum atomic E-state index is 9.44. The molecule has 5 rings (SSSR count). The van der Waals surface area contributed by atoms with Gasteiger partial charge in [-0.2, -0.15) is 0 Å². The Labute approximate surface area is 170 Å².